The zero-order chi connectivity index (χ0) is 12.5. The third-order valence-electron chi connectivity index (χ3n) is 2.29. The Balaban J connectivity index is 2.22. The minimum atomic E-state index is -0.200. The molecule has 0 aromatic carbocycles. The van der Waals surface area contributed by atoms with Crippen molar-refractivity contribution in [2.24, 2.45) is 0 Å². The summed E-state index contributed by atoms with van der Waals surface area (Å²) in [4.78, 5) is 15.5. The van der Waals surface area contributed by atoms with Crippen LogP contribution >= 0.6 is 0 Å². The van der Waals surface area contributed by atoms with Crippen molar-refractivity contribution in [3.05, 3.63) is 11.7 Å². The first-order valence-electron chi connectivity index (χ1n) is 6.23. The van der Waals surface area contributed by atoms with Crippen molar-refractivity contribution in [2.75, 3.05) is 6.61 Å². The predicted molar refractivity (Wildman–Crippen MR) is 62.5 cm³/mol. The summed E-state index contributed by atoms with van der Waals surface area (Å²) in [5, 5.41) is 3.82. The van der Waals surface area contributed by atoms with Gasteiger partial charge in [-0.05, 0) is 12.8 Å². The third kappa shape index (κ3) is 5.47. The van der Waals surface area contributed by atoms with Gasteiger partial charge in [0, 0.05) is 12.8 Å². The average molecular weight is 240 g/mol. The van der Waals surface area contributed by atoms with Gasteiger partial charge in [0.25, 0.3) is 0 Å². The summed E-state index contributed by atoms with van der Waals surface area (Å²) in [5.41, 5.74) is 0. The molecule has 1 rings (SSSR count). The molecule has 0 aliphatic heterocycles. The molecule has 96 valence electrons. The summed E-state index contributed by atoms with van der Waals surface area (Å²) < 4.78 is 10.1. The molecule has 0 saturated carbocycles. The van der Waals surface area contributed by atoms with Crippen molar-refractivity contribution in [2.45, 2.75) is 52.4 Å². The fourth-order valence-electron chi connectivity index (χ4n) is 1.33. The van der Waals surface area contributed by atoms with Crippen molar-refractivity contribution in [1.82, 2.24) is 10.1 Å². The van der Waals surface area contributed by atoms with E-state index >= 15 is 0 Å². The topological polar surface area (TPSA) is 65.2 Å². The van der Waals surface area contributed by atoms with E-state index < -0.39 is 0 Å². The van der Waals surface area contributed by atoms with E-state index in [0.29, 0.717) is 31.2 Å². The van der Waals surface area contributed by atoms with E-state index in [0.717, 1.165) is 25.7 Å². The summed E-state index contributed by atoms with van der Waals surface area (Å²) in [7, 11) is 0. The Hall–Kier alpha value is -1.39. The fourth-order valence-corrected chi connectivity index (χ4v) is 1.33. The normalized spacial score (nSPS) is 10.5. The number of nitrogens with zero attached hydrogens (tertiary/aromatic N) is 2. The summed E-state index contributed by atoms with van der Waals surface area (Å²) in [6.07, 6.45) is 4.49. The Morgan fingerprint density at radius 3 is 2.82 bits per heavy atom. The van der Waals surface area contributed by atoms with Crippen LogP contribution in [-0.4, -0.2) is 22.7 Å². The Bertz CT molecular complexity index is 336. The first-order chi connectivity index (χ1) is 8.26. The molecule has 0 aliphatic carbocycles. The van der Waals surface area contributed by atoms with E-state index in [1.165, 1.54) is 0 Å². The van der Waals surface area contributed by atoms with Gasteiger partial charge in [-0.1, -0.05) is 25.4 Å². The van der Waals surface area contributed by atoms with Gasteiger partial charge in [0.15, 0.2) is 5.82 Å². The molecule has 0 atom stereocenters. The van der Waals surface area contributed by atoms with Gasteiger partial charge in [-0.15, -0.1) is 0 Å². The molecule has 0 N–H and O–H groups in total. The molecule has 17 heavy (non-hydrogen) atoms. The first-order valence-corrected chi connectivity index (χ1v) is 6.23. The van der Waals surface area contributed by atoms with E-state index in [9.17, 15) is 4.79 Å². The van der Waals surface area contributed by atoms with E-state index in [-0.39, 0.29) is 5.97 Å². The molecule has 1 aromatic rings. The van der Waals surface area contributed by atoms with Crippen LogP contribution in [0.5, 0.6) is 0 Å². The molecule has 0 spiro atoms. The molecule has 1 aromatic heterocycles. The molecule has 5 heteroatoms. The van der Waals surface area contributed by atoms with Crippen LogP contribution in [0.15, 0.2) is 4.52 Å². The lowest BCUT2D eigenvalue weighted by molar-refractivity contribution is -0.143. The summed E-state index contributed by atoms with van der Waals surface area (Å²) in [6.45, 7) is 4.61. The standard InChI is InChI=1S/C12H20N2O3/c1-3-5-9-16-12(15)8-7-11-13-10(6-4-2)14-17-11/h3-9H2,1-2H3. The van der Waals surface area contributed by atoms with E-state index in [4.69, 9.17) is 9.26 Å². The van der Waals surface area contributed by atoms with Crippen molar-refractivity contribution >= 4 is 5.97 Å². The van der Waals surface area contributed by atoms with Gasteiger partial charge >= 0.3 is 5.97 Å². The van der Waals surface area contributed by atoms with Gasteiger partial charge in [-0.3, -0.25) is 4.79 Å². The molecule has 0 radical (unpaired) electrons. The fraction of sp³-hybridized carbons (Fsp3) is 0.750. The van der Waals surface area contributed by atoms with Crippen LogP contribution in [-0.2, 0) is 22.4 Å². The van der Waals surface area contributed by atoms with Gasteiger partial charge in [-0.25, -0.2) is 0 Å². The molecule has 0 fully saturated rings. The molecule has 0 saturated heterocycles. The Kier molecular flexibility index (Phi) is 6.29. The van der Waals surface area contributed by atoms with Crippen molar-refractivity contribution in [1.29, 1.82) is 0 Å². The van der Waals surface area contributed by atoms with Crippen molar-refractivity contribution in [3.8, 4) is 0 Å². The van der Waals surface area contributed by atoms with Gasteiger partial charge in [0.1, 0.15) is 0 Å². The molecule has 0 aliphatic rings. The Morgan fingerprint density at radius 1 is 1.29 bits per heavy atom. The largest absolute Gasteiger partial charge is 0.466 e. The highest BCUT2D eigenvalue weighted by molar-refractivity contribution is 5.69. The number of aryl methyl sites for hydroxylation is 2. The second-order valence-corrected chi connectivity index (χ2v) is 3.93. The highest BCUT2D eigenvalue weighted by Gasteiger charge is 2.09. The zero-order valence-electron chi connectivity index (χ0n) is 10.6. The maximum atomic E-state index is 11.3. The lowest BCUT2D eigenvalue weighted by Gasteiger charge is -2.01. The average Bonchev–Trinajstić information content (AvgIpc) is 2.75. The number of hydrogen-bond acceptors (Lipinski definition) is 5. The number of unbranched alkanes of at least 4 members (excludes halogenated alkanes) is 1. The molecule has 0 amide bonds. The lowest BCUT2D eigenvalue weighted by atomic mass is 10.3. The monoisotopic (exact) mass is 240 g/mol. The SMILES string of the molecule is CCCCOC(=O)CCc1nc(CCC)no1. The molecule has 0 unspecified atom stereocenters. The molecular weight excluding hydrogens is 220 g/mol. The number of aromatic nitrogens is 2. The number of carbonyl (C=O) groups excluding carboxylic acids is 1. The molecule has 1 heterocycles. The van der Waals surface area contributed by atoms with Gasteiger partial charge in [-0.2, -0.15) is 4.98 Å². The van der Waals surface area contributed by atoms with Crippen molar-refractivity contribution in [3.63, 3.8) is 0 Å². The molecule has 5 nitrogen and oxygen atoms in total. The number of hydrogen-bond donors (Lipinski definition) is 0. The Labute approximate surface area is 102 Å². The summed E-state index contributed by atoms with van der Waals surface area (Å²) in [5.74, 6) is 1.02. The molecule has 0 bridgehead atoms. The van der Waals surface area contributed by atoms with Crippen molar-refractivity contribution < 1.29 is 14.1 Å². The van der Waals surface area contributed by atoms with Crippen LogP contribution in [0.4, 0.5) is 0 Å². The summed E-state index contributed by atoms with van der Waals surface area (Å²) in [6, 6.07) is 0. The van der Waals surface area contributed by atoms with Crippen LogP contribution in [0.1, 0.15) is 51.2 Å². The van der Waals surface area contributed by atoms with Crippen LogP contribution in [0.25, 0.3) is 0 Å². The van der Waals surface area contributed by atoms with Gasteiger partial charge < -0.3 is 9.26 Å². The smallest absolute Gasteiger partial charge is 0.306 e. The van der Waals surface area contributed by atoms with Crippen LogP contribution in [0.3, 0.4) is 0 Å². The van der Waals surface area contributed by atoms with Crippen LogP contribution in [0.2, 0.25) is 0 Å². The first kappa shape index (κ1) is 13.7. The van der Waals surface area contributed by atoms with E-state index in [1.54, 1.807) is 0 Å². The lowest BCUT2D eigenvalue weighted by Crippen LogP contribution is -2.07. The highest BCUT2D eigenvalue weighted by Crippen LogP contribution is 2.04. The van der Waals surface area contributed by atoms with Gasteiger partial charge in [0.05, 0.1) is 13.0 Å². The second-order valence-electron chi connectivity index (χ2n) is 3.93. The highest BCUT2D eigenvalue weighted by atomic mass is 16.5. The number of rotatable bonds is 8. The number of ether oxygens (including phenoxy) is 1. The number of carbonyl (C=O) groups is 1. The number of esters is 1. The minimum absolute atomic E-state index is 0.200. The summed E-state index contributed by atoms with van der Waals surface area (Å²) >= 11 is 0. The Morgan fingerprint density at radius 2 is 2.12 bits per heavy atom. The van der Waals surface area contributed by atoms with E-state index in [1.807, 2.05) is 0 Å². The molecular formula is C12H20N2O3. The van der Waals surface area contributed by atoms with Gasteiger partial charge in [0.2, 0.25) is 5.89 Å². The zero-order valence-corrected chi connectivity index (χ0v) is 10.6. The van der Waals surface area contributed by atoms with Crippen LogP contribution in [0, 0.1) is 0 Å². The maximum Gasteiger partial charge on any atom is 0.306 e. The quantitative estimate of drug-likeness (QED) is 0.515. The minimum Gasteiger partial charge on any atom is -0.466 e. The second kappa shape index (κ2) is 7.81. The predicted octanol–water partition coefficient (Wildman–Crippen LogP) is 2.30. The van der Waals surface area contributed by atoms with E-state index in [2.05, 4.69) is 24.0 Å². The maximum absolute atomic E-state index is 11.3. The third-order valence-corrected chi connectivity index (χ3v) is 2.29. The van der Waals surface area contributed by atoms with Crippen LogP contribution < -0.4 is 0 Å².